The summed E-state index contributed by atoms with van der Waals surface area (Å²) in [5.41, 5.74) is 2.00. The standard InChI is InChI=1S/C30H36BrN3O5S/c1-6-22(3)32-30(36)23(4)33(19-24-8-7-9-25(31)18-24)29(35)20-34(26-12-14-27(39-5)15-13-26)40(37,38)28-16-10-21(2)11-17-28/h7-18,22-23H,6,19-20H2,1-5H3,(H,32,36)/t22-,23-/m1/s1. The van der Waals surface area contributed by atoms with Crippen molar-refractivity contribution in [3.05, 3.63) is 88.4 Å². The number of methoxy groups -OCH3 is 1. The topological polar surface area (TPSA) is 96.0 Å². The van der Waals surface area contributed by atoms with E-state index in [0.717, 1.165) is 26.3 Å². The van der Waals surface area contributed by atoms with Gasteiger partial charge < -0.3 is 15.0 Å². The molecule has 0 bridgehead atoms. The van der Waals surface area contributed by atoms with E-state index in [1.165, 1.54) is 24.1 Å². The number of hydrogen-bond acceptors (Lipinski definition) is 5. The molecule has 0 aliphatic heterocycles. The first-order valence-electron chi connectivity index (χ1n) is 13.0. The highest BCUT2D eigenvalue weighted by atomic mass is 79.9. The number of nitrogens with zero attached hydrogens (tertiary/aromatic N) is 2. The minimum absolute atomic E-state index is 0.0582. The van der Waals surface area contributed by atoms with Gasteiger partial charge in [0, 0.05) is 17.1 Å². The molecule has 0 radical (unpaired) electrons. The van der Waals surface area contributed by atoms with Gasteiger partial charge in [0.1, 0.15) is 18.3 Å². The number of aryl methyl sites for hydroxylation is 1. The molecule has 0 aromatic heterocycles. The molecule has 1 N–H and O–H groups in total. The van der Waals surface area contributed by atoms with Crippen molar-refractivity contribution >= 4 is 43.5 Å². The predicted octanol–water partition coefficient (Wildman–Crippen LogP) is 5.29. The maximum atomic E-state index is 14.0. The molecule has 214 valence electrons. The van der Waals surface area contributed by atoms with Gasteiger partial charge in [-0.25, -0.2) is 8.42 Å². The summed E-state index contributed by atoms with van der Waals surface area (Å²) in [6.45, 7) is 6.99. The zero-order valence-corrected chi connectivity index (χ0v) is 25.8. The predicted molar refractivity (Wildman–Crippen MR) is 161 cm³/mol. The average molecular weight is 631 g/mol. The molecule has 10 heteroatoms. The van der Waals surface area contributed by atoms with E-state index in [1.807, 2.05) is 45.0 Å². The third-order valence-corrected chi connectivity index (χ3v) is 8.94. The molecule has 0 spiro atoms. The van der Waals surface area contributed by atoms with Gasteiger partial charge in [0.15, 0.2) is 0 Å². The third-order valence-electron chi connectivity index (χ3n) is 6.66. The summed E-state index contributed by atoms with van der Waals surface area (Å²) in [5.74, 6) is -0.275. The Morgan fingerprint density at radius 3 is 2.23 bits per heavy atom. The van der Waals surface area contributed by atoms with Crippen LogP contribution in [-0.2, 0) is 26.2 Å². The van der Waals surface area contributed by atoms with Crippen molar-refractivity contribution in [3.8, 4) is 5.75 Å². The van der Waals surface area contributed by atoms with Crippen LogP contribution in [0.1, 0.15) is 38.3 Å². The van der Waals surface area contributed by atoms with Crippen LogP contribution in [0.15, 0.2) is 82.2 Å². The molecule has 0 aliphatic rings. The molecule has 40 heavy (non-hydrogen) atoms. The van der Waals surface area contributed by atoms with E-state index < -0.39 is 28.5 Å². The lowest BCUT2D eigenvalue weighted by Crippen LogP contribution is -2.52. The maximum Gasteiger partial charge on any atom is 0.264 e. The molecule has 3 aromatic carbocycles. The Morgan fingerprint density at radius 1 is 1.00 bits per heavy atom. The minimum atomic E-state index is -4.13. The molecular weight excluding hydrogens is 594 g/mol. The van der Waals surface area contributed by atoms with Gasteiger partial charge in [0.25, 0.3) is 10.0 Å². The largest absolute Gasteiger partial charge is 0.497 e. The Hall–Kier alpha value is -3.37. The van der Waals surface area contributed by atoms with Crippen molar-refractivity contribution in [2.45, 2.75) is 57.6 Å². The van der Waals surface area contributed by atoms with Crippen LogP contribution in [0.2, 0.25) is 0 Å². The molecule has 2 amide bonds. The smallest absolute Gasteiger partial charge is 0.264 e. The third kappa shape index (κ3) is 7.85. The average Bonchev–Trinajstić information content (AvgIpc) is 2.94. The lowest BCUT2D eigenvalue weighted by Gasteiger charge is -2.32. The van der Waals surface area contributed by atoms with Crippen LogP contribution in [0.4, 0.5) is 5.69 Å². The van der Waals surface area contributed by atoms with Gasteiger partial charge in [-0.3, -0.25) is 13.9 Å². The van der Waals surface area contributed by atoms with Gasteiger partial charge in [0.2, 0.25) is 11.8 Å². The summed E-state index contributed by atoms with van der Waals surface area (Å²) in [6, 6.07) is 19.4. The van der Waals surface area contributed by atoms with E-state index in [2.05, 4.69) is 21.2 Å². The highest BCUT2D eigenvalue weighted by molar-refractivity contribution is 9.10. The van der Waals surface area contributed by atoms with E-state index >= 15 is 0 Å². The molecule has 8 nitrogen and oxygen atoms in total. The number of carbonyl (C=O) groups excluding carboxylic acids is 2. The molecule has 3 rings (SSSR count). The Bertz CT molecular complexity index is 1410. The van der Waals surface area contributed by atoms with Crippen LogP contribution in [0.5, 0.6) is 5.75 Å². The van der Waals surface area contributed by atoms with Crippen molar-refractivity contribution in [1.29, 1.82) is 0 Å². The van der Waals surface area contributed by atoms with Crippen molar-refractivity contribution in [1.82, 2.24) is 10.2 Å². The fourth-order valence-electron chi connectivity index (χ4n) is 3.99. The van der Waals surface area contributed by atoms with Crippen LogP contribution in [0.25, 0.3) is 0 Å². The van der Waals surface area contributed by atoms with E-state index in [0.29, 0.717) is 11.4 Å². The normalized spacial score (nSPS) is 12.8. The number of amides is 2. The summed E-state index contributed by atoms with van der Waals surface area (Å²) >= 11 is 3.46. The molecular formula is C30H36BrN3O5S. The molecule has 0 heterocycles. The minimum Gasteiger partial charge on any atom is -0.497 e. The zero-order chi connectivity index (χ0) is 29.4. The molecule has 2 atom stereocenters. The summed E-state index contributed by atoms with van der Waals surface area (Å²) in [7, 11) is -2.61. The Kier molecular flexibility index (Phi) is 10.8. The van der Waals surface area contributed by atoms with Crippen LogP contribution >= 0.6 is 15.9 Å². The van der Waals surface area contributed by atoms with E-state index in [1.54, 1.807) is 43.3 Å². The first-order valence-corrected chi connectivity index (χ1v) is 15.3. The van der Waals surface area contributed by atoms with Gasteiger partial charge >= 0.3 is 0 Å². The maximum absolute atomic E-state index is 14.0. The molecule has 0 saturated heterocycles. The van der Waals surface area contributed by atoms with E-state index in [4.69, 9.17) is 4.74 Å². The molecule has 0 saturated carbocycles. The second-order valence-corrected chi connectivity index (χ2v) is 12.4. The van der Waals surface area contributed by atoms with Crippen LogP contribution in [0.3, 0.4) is 0 Å². The highest BCUT2D eigenvalue weighted by Gasteiger charge is 2.32. The van der Waals surface area contributed by atoms with Gasteiger partial charge in [0.05, 0.1) is 17.7 Å². The number of hydrogen-bond donors (Lipinski definition) is 1. The molecule has 0 fully saturated rings. The monoisotopic (exact) mass is 629 g/mol. The molecule has 0 unspecified atom stereocenters. The lowest BCUT2D eigenvalue weighted by molar-refractivity contribution is -0.139. The number of carbonyl (C=O) groups is 2. The second kappa shape index (κ2) is 13.8. The Morgan fingerprint density at radius 2 is 1.65 bits per heavy atom. The number of benzene rings is 3. The molecule has 3 aromatic rings. The number of nitrogens with one attached hydrogen (secondary N) is 1. The van der Waals surface area contributed by atoms with Crippen molar-refractivity contribution in [3.63, 3.8) is 0 Å². The van der Waals surface area contributed by atoms with Gasteiger partial charge in [-0.2, -0.15) is 0 Å². The highest BCUT2D eigenvalue weighted by Crippen LogP contribution is 2.27. The number of anilines is 1. The van der Waals surface area contributed by atoms with Gasteiger partial charge in [-0.15, -0.1) is 0 Å². The Labute approximate surface area is 245 Å². The fraction of sp³-hybridized carbons (Fsp3) is 0.333. The lowest BCUT2D eigenvalue weighted by atomic mass is 10.1. The first kappa shape index (κ1) is 31.2. The number of sulfonamides is 1. The van der Waals surface area contributed by atoms with Gasteiger partial charge in [-0.1, -0.05) is 52.7 Å². The van der Waals surface area contributed by atoms with Crippen LogP contribution in [0, 0.1) is 6.92 Å². The van der Waals surface area contributed by atoms with Crippen molar-refractivity contribution < 1.29 is 22.7 Å². The van der Waals surface area contributed by atoms with Crippen LogP contribution in [-0.4, -0.2) is 50.9 Å². The Balaban J connectivity index is 2.03. The first-order chi connectivity index (χ1) is 19.0. The zero-order valence-electron chi connectivity index (χ0n) is 23.4. The van der Waals surface area contributed by atoms with Crippen LogP contribution < -0.4 is 14.4 Å². The second-order valence-electron chi connectivity index (χ2n) is 9.67. The SMILES string of the molecule is CC[C@@H](C)NC(=O)[C@@H](C)N(Cc1cccc(Br)c1)C(=O)CN(c1ccc(OC)cc1)S(=O)(=O)c1ccc(C)cc1. The number of ether oxygens (including phenoxy) is 1. The summed E-state index contributed by atoms with van der Waals surface area (Å²) < 4.78 is 34.9. The summed E-state index contributed by atoms with van der Waals surface area (Å²) in [4.78, 5) is 28.6. The summed E-state index contributed by atoms with van der Waals surface area (Å²) in [5, 5.41) is 2.93. The van der Waals surface area contributed by atoms with Crippen molar-refractivity contribution in [2.75, 3.05) is 18.0 Å². The number of halogens is 1. The fourth-order valence-corrected chi connectivity index (χ4v) is 5.86. The number of rotatable bonds is 12. The summed E-state index contributed by atoms with van der Waals surface area (Å²) in [6.07, 6.45) is 0.734. The van der Waals surface area contributed by atoms with Crippen molar-refractivity contribution in [2.24, 2.45) is 0 Å². The molecule has 0 aliphatic carbocycles. The quantitative estimate of drug-likeness (QED) is 0.294. The van der Waals surface area contributed by atoms with E-state index in [-0.39, 0.29) is 23.4 Å². The van der Waals surface area contributed by atoms with Gasteiger partial charge in [-0.05, 0) is 81.3 Å². The van der Waals surface area contributed by atoms with E-state index in [9.17, 15) is 18.0 Å².